The number of ether oxygens (including phenoxy) is 1. The van der Waals surface area contributed by atoms with Gasteiger partial charge in [-0.05, 0) is 45.4 Å². The van der Waals surface area contributed by atoms with Gasteiger partial charge in [0.2, 0.25) is 0 Å². The van der Waals surface area contributed by atoms with Crippen molar-refractivity contribution in [2.45, 2.75) is 39.3 Å². The lowest BCUT2D eigenvalue weighted by molar-refractivity contribution is 0.409. The summed E-state index contributed by atoms with van der Waals surface area (Å²) in [5.41, 5.74) is 1.44. The van der Waals surface area contributed by atoms with Gasteiger partial charge in [-0.25, -0.2) is 0 Å². The Morgan fingerprint density at radius 1 is 1.22 bits per heavy atom. The van der Waals surface area contributed by atoms with Crippen LogP contribution in [-0.4, -0.2) is 25.7 Å². The Morgan fingerprint density at radius 2 is 1.94 bits per heavy atom. The molecule has 0 aromatic heterocycles. The lowest BCUT2D eigenvalue weighted by Gasteiger charge is -2.22. The molecule has 1 aromatic rings. The van der Waals surface area contributed by atoms with E-state index in [1.807, 2.05) is 12.1 Å². The molecule has 0 heterocycles. The molecule has 0 saturated carbocycles. The van der Waals surface area contributed by atoms with Crippen LogP contribution in [0, 0.1) is 0 Å². The first-order valence-corrected chi connectivity index (χ1v) is 6.55. The number of hydrogen-bond acceptors (Lipinski definition) is 3. The van der Waals surface area contributed by atoms with Crippen LogP contribution in [-0.2, 0) is 0 Å². The highest BCUT2D eigenvalue weighted by molar-refractivity contribution is 5.30. The van der Waals surface area contributed by atoms with Crippen molar-refractivity contribution in [3.8, 4) is 5.75 Å². The van der Waals surface area contributed by atoms with Gasteiger partial charge in [-0.2, -0.15) is 0 Å². The van der Waals surface area contributed by atoms with Crippen molar-refractivity contribution >= 4 is 0 Å². The molecule has 102 valence electrons. The number of hydrogen-bond donors (Lipinski definition) is 2. The van der Waals surface area contributed by atoms with Gasteiger partial charge in [0.1, 0.15) is 5.75 Å². The molecular weight excluding hydrogens is 224 g/mol. The summed E-state index contributed by atoms with van der Waals surface area (Å²) in [6.07, 6.45) is 0. The molecular formula is C15H26N2O. The third-order valence-electron chi connectivity index (χ3n) is 2.82. The van der Waals surface area contributed by atoms with E-state index < -0.39 is 0 Å². The van der Waals surface area contributed by atoms with E-state index in [-0.39, 0.29) is 5.54 Å². The van der Waals surface area contributed by atoms with Crippen molar-refractivity contribution in [2.75, 3.05) is 20.2 Å². The molecule has 0 aliphatic carbocycles. The van der Waals surface area contributed by atoms with Crippen LogP contribution in [0.15, 0.2) is 24.3 Å². The standard InChI is InChI=1S/C15H26N2O/c1-12(16-9-10-17-15(2,3)4)13-7-6-8-14(11-13)18-5/h6-8,11-12,16-17H,9-10H2,1-5H3/t12-/m0/s1. The Morgan fingerprint density at radius 3 is 2.56 bits per heavy atom. The van der Waals surface area contributed by atoms with Crippen LogP contribution in [0.3, 0.4) is 0 Å². The predicted molar refractivity (Wildman–Crippen MR) is 77.2 cm³/mol. The Hall–Kier alpha value is -1.06. The molecule has 0 fully saturated rings. The molecule has 0 spiro atoms. The minimum atomic E-state index is 0.181. The zero-order valence-corrected chi connectivity index (χ0v) is 12.2. The maximum atomic E-state index is 5.24. The first-order valence-electron chi connectivity index (χ1n) is 6.55. The molecule has 1 aromatic carbocycles. The summed E-state index contributed by atoms with van der Waals surface area (Å²) >= 11 is 0. The quantitative estimate of drug-likeness (QED) is 0.762. The van der Waals surface area contributed by atoms with E-state index in [0.29, 0.717) is 6.04 Å². The monoisotopic (exact) mass is 250 g/mol. The maximum absolute atomic E-state index is 5.24. The van der Waals surface area contributed by atoms with Gasteiger partial charge in [0.25, 0.3) is 0 Å². The number of rotatable bonds is 6. The van der Waals surface area contributed by atoms with E-state index in [1.54, 1.807) is 7.11 Å². The average molecular weight is 250 g/mol. The van der Waals surface area contributed by atoms with Crippen LogP contribution >= 0.6 is 0 Å². The summed E-state index contributed by atoms with van der Waals surface area (Å²) < 4.78 is 5.24. The van der Waals surface area contributed by atoms with E-state index in [4.69, 9.17) is 4.74 Å². The average Bonchev–Trinajstić information content (AvgIpc) is 2.33. The summed E-state index contributed by atoms with van der Waals surface area (Å²) in [6.45, 7) is 10.6. The molecule has 0 amide bonds. The lowest BCUT2D eigenvalue weighted by atomic mass is 10.1. The number of nitrogens with one attached hydrogen (secondary N) is 2. The molecule has 1 rings (SSSR count). The van der Waals surface area contributed by atoms with Crippen LogP contribution in [0.4, 0.5) is 0 Å². The molecule has 3 heteroatoms. The highest BCUT2D eigenvalue weighted by Crippen LogP contribution is 2.18. The zero-order chi connectivity index (χ0) is 13.6. The van der Waals surface area contributed by atoms with Crippen LogP contribution < -0.4 is 15.4 Å². The van der Waals surface area contributed by atoms with Gasteiger partial charge in [-0.3, -0.25) is 0 Å². The van der Waals surface area contributed by atoms with Gasteiger partial charge in [0.05, 0.1) is 7.11 Å². The highest BCUT2D eigenvalue weighted by atomic mass is 16.5. The summed E-state index contributed by atoms with van der Waals surface area (Å²) in [6, 6.07) is 8.53. The third kappa shape index (κ3) is 5.52. The maximum Gasteiger partial charge on any atom is 0.119 e. The van der Waals surface area contributed by atoms with Crippen molar-refractivity contribution in [3.63, 3.8) is 0 Å². The Bertz CT molecular complexity index is 358. The topological polar surface area (TPSA) is 33.3 Å². The summed E-state index contributed by atoms with van der Waals surface area (Å²) in [5, 5.41) is 6.97. The molecule has 18 heavy (non-hydrogen) atoms. The highest BCUT2D eigenvalue weighted by Gasteiger charge is 2.09. The smallest absolute Gasteiger partial charge is 0.119 e. The summed E-state index contributed by atoms with van der Waals surface area (Å²) in [7, 11) is 1.70. The molecule has 0 aliphatic heterocycles. The van der Waals surface area contributed by atoms with Crippen molar-refractivity contribution in [1.82, 2.24) is 10.6 Å². The van der Waals surface area contributed by atoms with E-state index in [2.05, 4.69) is 50.5 Å². The van der Waals surface area contributed by atoms with Crippen LogP contribution in [0.5, 0.6) is 5.75 Å². The largest absolute Gasteiger partial charge is 0.497 e. The van der Waals surface area contributed by atoms with Gasteiger partial charge in [-0.1, -0.05) is 12.1 Å². The zero-order valence-electron chi connectivity index (χ0n) is 12.2. The normalized spacial score (nSPS) is 13.4. The minimum Gasteiger partial charge on any atom is -0.497 e. The van der Waals surface area contributed by atoms with Crippen LogP contribution in [0.25, 0.3) is 0 Å². The fourth-order valence-corrected chi connectivity index (χ4v) is 1.75. The second kappa shape index (κ2) is 6.76. The Labute approximate surface area is 111 Å². The molecule has 2 N–H and O–H groups in total. The van der Waals surface area contributed by atoms with Crippen molar-refractivity contribution < 1.29 is 4.74 Å². The first kappa shape index (κ1) is 15.0. The minimum absolute atomic E-state index is 0.181. The fourth-order valence-electron chi connectivity index (χ4n) is 1.75. The molecule has 0 radical (unpaired) electrons. The SMILES string of the molecule is COc1cccc([C@H](C)NCCNC(C)(C)C)c1. The van der Waals surface area contributed by atoms with Gasteiger partial charge in [-0.15, -0.1) is 0 Å². The lowest BCUT2D eigenvalue weighted by Crippen LogP contribution is -2.40. The van der Waals surface area contributed by atoms with Crippen molar-refractivity contribution in [3.05, 3.63) is 29.8 Å². The molecule has 3 nitrogen and oxygen atoms in total. The second-order valence-electron chi connectivity index (χ2n) is 5.63. The fraction of sp³-hybridized carbons (Fsp3) is 0.600. The van der Waals surface area contributed by atoms with Gasteiger partial charge >= 0.3 is 0 Å². The number of benzene rings is 1. The molecule has 0 bridgehead atoms. The van der Waals surface area contributed by atoms with Crippen LogP contribution in [0.2, 0.25) is 0 Å². The summed E-state index contributed by atoms with van der Waals surface area (Å²) in [4.78, 5) is 0. The molecule has 1 atom stereocenters. The molecule has 0 aliphatic rings. The Kier molecular flexibility index (Phi) is 5.63. The van der Waals surface area contributed by atoms with E-state index in [0.717, 1.165) is 18.8 Å². The number of methoxy groups -OCH3 is 1. The van der Waals surface area contributed by atoms with Gasteiger partial charge in [0, 0.05) is 24.7 Å². The van der Waals surface area contributed by atoms with E-state index >= 15 is 0 Å². The predicted octanol–water partition coefficient (Wildman–Crippen LogP) is 2.73. The molecule has 0 unspecified atom stereocenters. The molecule has 0 saturated heterocycles. The van der Waals surface area contributed by atoms with E-state index in [1.165, 1.54) is 5.56 Å². The van der Waals surface area contributed by atoms with Gasteiger partial charge < -0.3 is 15.4 Å². The summed E-state index contributed by atoms with van der Waals surface area (Å²) in [5.74, 6) is 0.911. The third-order valence-corrected chi connectivity index (χ3v) is 2.82. The second-order valence-corrected chi connectivity index (χ2v) is 5.63. The van der Waals surface area contributed by atoms with Gasteiger partial charge in [0.15, 0.2) is 0 Å². The van der Waals surface area contributed by atoms with E-state index in [9.17, 15) is 0 Å². The first-order chi connectivity index (χ1) is 8.42. The van der Waals surface area contributed by atoms with Crippen molar-refractivity contribution in [2.24, 2.45) is 0 Å². The Balaban J connectivity index is 2.38. The van der Waals surface area contributed by atoms with Crippen molar-refractivity contribution in [1.29, 1.82) is 0 Å². The van der Waals surface area contributed by atoms with Crippen LogP contribution in [0.1, 0.15) is 39.3 Å².